The number of nitrogens with zero attached hydrogens (tertiary/aromatic N) is 1. The second-order valence-electron chi connectivity index (χ2n) is 6.06. The first-order chi connectivity index (χ1) is 9.97. The van der Waals surface area contributed by atoms with E-state index in [1.54, 1.807) is 0 Å². The van der Waals surface area contributed by atoms with Crippen LogP contribution in [0.5, 0.6) is 5.75 Å². The molecule has 4 nitrogen and oxygen atoms in total. The maximum absolute atomic E-state index is 11.0. The molecule has 1 aliphatic heterocycles. The Bertz CT molecular complexity index is 461. The molecule has 1 atom stereocenters. The second-order valence-corrected chi connectivity index (χ2v) is 6.06. The van der Waals surface area contributed by atoms with Gasteiger partial charge in [0, 0.05) is 6.04 Å². The van der Waals surface area contributed by atoms with E-state index in [2.05, 4.69) is 24.0 Å². The van der Waals surface area contributed by atoms with Crippen LogP contribution in [-0.4, -0.2) is 35.2 Å². The first-order valence-electron chi connectivity index (χ1n) is 7.71. The number of likely N-dealkylation sites (tertiary alicyclic amines) is 1. The molecule has 2 rings (SSSR count). The number of ether oxygens (including phenoxy) is 1. The predicted molar refractivity (Wildman–Crippen MR) is 82.6 cm³/mol. The number of carboxylic acid groups (broad SMARTS) is 1. The molecule has 21 heavy (non-hydrogen) atoms. The number of piperidine rings is 1. The number of hydrogen-bond acceptors (Lipinski definition) is 3. The van der Waals surface area contributed by atoms with Gasteiger partial charge in [-0.3, -0.25) is 9.69 Å². The fraction of sp³-hybridized carbons (Fsp3) is 0.588. The van der Waals surface area contributed by atoms with Crippen LogP contribution in [0.2, 0.25) is 0 Å². The van der Waals surface area contributed by atoms with Gasteiger partial charge in [-0.05, 0) is 64.4 Å². The third kappa shape index (κ3) is 4.21. The number of aliphatic carboxylic acids is 1. The highest BCUT2D eigenvalue weighted by Crippen LogP contribution is 2.27. The molecule has 1 aromatic rings. The molecule has 0 radical (unpaired) electrons. The minimum Gasteiger partial charge on any atom is -0.491 e. The van der Waals surface area contributed by atoms with Crippen molar-refractivity contribution in [3.05, 3.63) is 29.8 Å². The quantitative estimate of drug-likeness (QED) is 0.904. The van der Waals surface area contributed by atoms with Crippen molar-refractivity contribution >= 4 is 5.97 Å². The fourth-order valence-electron chi connectivity index (χ4n) is 2.84. The minimum absolute atomic E-state index is 0.171. The molecule has 0 bridgehead atoms. The van der Waals surface area contributed by atoms with Crippen LogP contribution in [0.4, 0.5) is 0 Å². The highest BCUT2D eigenvalue weighted by atomic mass is 16.5. The van der Waals surface area contributed by atoms with Gasteiger partial charge in [-0.2, -0.15) is 0 Å². The van der Waals surface area contributed by atoms with Gasteiger partial charge in [0.2, 0.25) is 0 Å². The molecule has 0 aliphatic carbocycles. The van der Waals surface area contributed by atoms with Gasteiger partial charge in [0.05, 0.1) is 12.0 Å². The number of carbonyl (C=O) groups is 1. The topological polar surface area (TPSA) is 49.8 Å². The highest BCUT2D eigenvalue weighted by Gasteiger charge is 2.27. The molecule has 1 unspecified atom stereocenters. The monoisotopic (exact) mass is 291 g/mol. The van der Waals surface area contributed by atoms with Crippen LogP contribution < -0.4 is 4.74 Å². The second kappa shape index (κ2) is 6.94. The van der Waals surface area contributed by atoms with Crippen molar-refractivity contribution in [3.63, 3.8) is 0 Å². The number of rotatable bonds is 5. The van der Waals surface area contributed by atoms with E-state index in [9.17, 15) is 4.79 Å². The van der Waals surface area contributed by atoms with Crippen molar-refractivity contribution in [1.29, 1.82) is 0 Å². The van der Waals surface area contributed by atoms with E-state index in [1.807, 2.05) is 26.0 Å². The Morgan fingerprint density at radius 3 is 2.24 bits per heavy atom. The molecule has 1 N–H and O–H groups in total. The summed E-state index contributed by atoms with van der Waals surface area (Å²) in [5.41, 5.74) is 1.25. The normalized spacial score (nSPS) is 18.7. The summed E-state index contributed by atoms with van der Waals surface area (Å²) in [6.07, 6.45) is 1.67. The average Bonchev–Trinajstić information content (AvgIpc) is 2.47. The lowest BCUT2D eigenvalue weighted by Crippen LogP contribution is -2.37. The zero-order chi connectivity index (χ0) is 15.4. The molecular weight excluding hydrogens is 266 g/mol. The van der Waals surface area contributed by atoms with Crippen molar-refractivity contribution in [2.45, 2.75) is 45.8 Å². The lowest BCUT2D eigenvalue weighted by molar-refractivity contribution is -0.143. The van der Waals surface area contributed by atoms with Crippen LogP contribution in [0.15, 0.2) is 24.3 Å². The van der Waals surface area contributed by atoms with Gasteiger partial charge in [-0.15, -0.1) is 0 Å². The Morgan fingerprint density at radius 1 is 1.19 bits per heavy atom. The summed E-state index contributed by atoms with van der Waals surface area (Å²) in [6.45, 7) is 7.91. The molecule has 0 spiro atoms. The molecule has 1 fully saturated rings. The van der Waals surface area contributed by atoms with Crippen LogP contribution in [0.25, 0.3) is 0 Å². The third-order valence-electron chi connectivity index (χ3n) is 4.16. The Hall–Kier alpha value is -1.55. The van der Waals surface area contributed by atoms with Crippen LogP contribution in [-0.2, 0) is 4.79 Å². The SMILES string of the molecule is CC(C)Oc1ccc(C(C)N2CCC(C(=O)O)CC2)cc1. The summed E-state index contributed by atoms with van der Waals surface area (Å²) in [7, 11) is 0. The number of hydrogen-bond donors (Lipinski definition) is 1. The summed E-state index contributed by atoms with van der Waals surface area (Å²) < 4.78 is 5.66. The van der Waals surface area contributed by atoms with E-state index in [-0.39, 0.29) is 12.0 Å². The average molecular weight is 291 g/mol. The summed E-state index contributed by atoms with van der Waals surface area (Å²) in [6, 6.07) is 8.54. The molecule has 0 aromatic heterocycles. The fourth-order valence-corrected chi connectivity index (χ4v) is 2.84. The standard InChI is InChI=1S/C17H25NO3/c1-12(2)21-16-6-4-14(5-7-16)13(3)18-10-8-15(9-11-18)17(19)20/h4-7,12-13,15H,8-11H2,1-3H3,(H,19,20). The van der Waals surface area contributed by atoms with E-state index in [0.29, 0.717) is 6.04 Å². The Kier molecular flexibility index (Phi) is 5.23. The van der Waals surface area contributed by atoms with Gasteiger partial charge in [0.25, 0.3) is 0 Å². The molecule has 1 heterocycles. The summed E-state index contributed by atoms with van der Waals surface area (Å²) in [5, 5.41) is 9.05. The van der Waals surface area contributed by atoms with E-state index in [0.717, 1.165) is 31.7 Å². The smallest absolute Gasteiger partial charge is 0.306 e. The van der Waals surface area contributed by atoms with Crippen molar-refractivity contribution < 1.29 is 14.6 Å². The van der Waals surface area contributed by atoms with Crippen LogP contribution in [0.1, 0.15) is 45.2 Å². The predicted octanol–water partition coefficient (Wildman–Crippen LogP) is 3.33. The lowest BCUT2D eigenvalue weighted by atomic mass is 9.95. The minimum atomic E-state index is -0.655. The highest BCUT2D eigenvalue weighted by molar-refractivity contribution is 5.70. The lowest BCUT2D eigenvalue weighted by Gasteiger charge is -2.35. The van der Waals surface area contributed by atoms with Crippen molar-refractivity contribution in [1.82, 2.24) is 4.90 Å². The summed E-state index contributed by atoms with van der Waals surface area (Å²) >= 11 is 0. The summed E-state index contributed by atoms with van der Waals surface area (Å²) in [4.78, 5) is 13.4. The molecule has 1 saturated heterocycles. The molecule has 4 heteroatoms. The van der Waals surface area contributed by atoms with E-state index in [1.165, 1.54) is 5.56 Å². The molecule has 116 valence electrons. The van der Waals surface area contributed by atoms with Crippen molar-refractivity contribution in [2.75, 3.05) is 13.1 Å². The molecule has 1 aliphatic rings. The zero-order valence-electron chi connectivity index (χ0n) is 13.1. The Morgan fingerprint density at radius 2 is 1.76 bits per heavy atom. The van der Waals surface area contributed by atoms with Gasteiger partial charge in [0.1, 0.15) is 5.75 Å². The maximum atomic E-state index is 11.0. The first kappa shape index (κ1) is 15.8. The van der Waals surface area contributed by atoms with Crippen LogP contribution >= 0.6 is 0 Å². The summed E-state index contributed by atoms with van der Waals surface area (Å²) in [5.74, 6) is 0.0679. The van der Waals surface area contributed by atoms with Gasteiger partial charge in [-0.25, -0.2) is 0 Å². The Labute approximate surface area is 126 Å². The largest absolute Gasteiger partial charge is 0.491 e. The van der Waals surface area contributed by atoms with Crippen LogP contribution in [0.3, 0.4) is 0 Å². The van der Waals surface area contributed by atoms with E-state index >= 15 is 0 Å². The van der Waals surface area contributed by atoms with Crippen molar-refractivity contribution in [2.24, 2.45) is 5.92 Å². The maximum Gasteiger partial charge on any atom is 0.306 e. The third-order valence-corrected chi connectivity index (χ3v) is 4.16. The van der Waals surface area contributed by atoms with Gasteiger partial charge in [0.15, 0.2) is 0 Å². The zero-order valence-corrected chi connectivity index (χ0v) is 13.1. The van der Waals surface area contributed by atoms with Crippen LogP contribution in [0, 0.1) is 5.92 Å². The van der Waals surface area contributed by atoms with Gasteiger partial charge in [-0.1, -0.05) is 12.1 Å². The molecule has 1 aromatic carbocycles. The first-order valence-corrected chi connectivity index (χ1v) is 7.71. The molecule has 0 saturated carbocycles. The van der Waals surface area contributed by atoms with E-state index in [4.69, 9.17) is 9.84 Å². The van der Waals surface area contributed by atoms with Gasteiger partial charge >= 0.3 is 5.97 Å². The van der Waals surface area contributed by atoms with Gasteiger partial charge < -0.3 is 9.84 Å². The number of carboxylic acids is 1. The molecule has 0 amide bonds. The Balaban J connectivity index is 1.94. The molecular formula is C17H25NO3. The number of benzene rings is 1. The van der Waals surface area contributed by atoms with Crippen molar-refractivity contribution in [3.8, 4) is 5.75 Å². The van der Waals surface area contributed by atoms with E-state index < -0.39 is 5.97 Å².